The SMILES string of the molecule is C#CCCC1(CCC(=O)NCCc2cnn(C)c2)N=N1. The Balaban J connectivity index is 1.60. The summed E-state index contributed by atoms with van der Waals surface area (Å²) in [6, 6.07) is 0. The Morgan fingerprint density at radius 3 is 2.90 bits per heavy atom. The molecule has 0 saturated heterocycles. The monoisotopic (exact) mass is 273 g/mol. The Morgan fingerprint density at radius 1 is 1.50 bits per heavy atom. The van der Waals surface area contributed by atoms with Gasteiger partial charge in [0.2, 0.25) is 5.91 Å². The predicted molar refractivity (Wildman–Crippen MR) is 74.8 cm³/mol. The van der Waals surface area contributed by atoms with Crippen LogP contribution in [0.15, 0.2) is 22.6 Å². The number of aryl methyl sites for hydroxylation is 1. The molecule has 0 fully saturated rings. The molecule has 0 aliphatic carbocycles. The first-order valence-electron chi connectivity index (χ1n) is 6.75. The molecule has 6 nitrogen and oxygen atoms in total. The summed E-state index contributed by atoms with van der Waals surface area (Å²) in [6.07, 6.45) is 12.2. The zero-order valence-electron chi connectivity index (χ0n) is 11.7. The van der Waals surface area contributed by atoms with Crippen molar-refractivity contribution in [3.63, 3.8) is 0 Å². The number of rotatable bonds is 8. The van der Waals surface area contributed by atoms with Gasteiger partial charge in [-0.05, 0) is 12.0 Å². The Hall–Kier alpha value is -2.16. The lowest BCUT2D eigenvalue weighted by Gasteiger charge is -2.08. The zero-order chi connectivity index (χ0) is 14.4. The molecule has 1 aromatic rings. The number of hydrogen-bond acceptors (Lipinski definition) is 4. The van der Waals surface area contributed by atoms with Crippen LogP contribution in [0.4, 0.5) is 0 Å². The lowest BCUT2D eigenvalue weighted by Crippen LogP contribution is -2.27. The number of carbonyl (C=O) groups excluding carboxylic acids is 1. The van der Waals surface area contributed by atoms with Crippen molar-refractivity contribution in [1.82, 2.24) is 15.1 Å². The molecule has 6 heteroatoms. The van der Waals surface area contributed by atoms with E-state index in [1.54, 1.807) is 4.68 Å². The van der Waals surface area contributed by atoms with Gasteiger partial charge in [-0.2, -0.15) is 15.3 Å². The third-order valence-electron chi connectivity index (χ3n) is 3.30. The molecule has 1 amide bonds. The standard InChI is InChI=1S/C14H19N5O/c1-3-4-7-14(17-18-14)8-5-13(20)15-9-6-12-10-16-19(2)11-12/h1,10-11H,4-9H2,2H3,(H,15,20). The van der Waals surface area contributed by atoms with Crippen molar-refractivity contribution >= 4 is 5.91 Å². The van der Waals surface area contributed by atoms with E-state index in [2.05, 4.69) is 26.6 Å². The van der Waals surface area contributed by atoms with Crippen LogP contribution in [0.5, 0.6) is 0 Å². The van der Waals surface area contributed by atoms with Crippen LogP contribution in [0.2, 0.25) is 0 Å². The van der Waals surface area contributed by atoms with Crippen LogP contribution in [0.25, 0.3) is 0 Å². The van der Waals surface area contributed by atoms with E-state index in [1.807, 2.05) is 19.4 Å². The van der Waals surface area contributed by atoms with Crippen molar-refractivity contribution in [2.45, 2.75) is 37.8 Å². The average molecular weight is 273 g/mol. The maximum Gasteiger partial charge on any atom is 0.220 e. The lowest BCUT2D eigenvalue weighted by molar-refractivity contribution is -0.121. The van der Waals surface area contributed by atoms with E-state index in [4.69, 9.17) is 6.42 Å². The summed E-state index contributed by atoms with van der Waals surface area (Å²) in [6.45, 7) is 0.621. The molecule has 2 heterocycles. The van der Waals surface area contributed by atoms with Gasteiger partial charge in [-0.25, -0.2) is 0 Å². The van der Waals surface area contributed by atoms with Crippen molar-refractivity contribution in [1.29, 1.82) is 0 Å². The van der Waals surface area contributed by atoms with Crippen molar-refractivity contribution in [3.05, 3.63) is 18.0 Å². The van der Waals surface area contributed by atoms with E-state index in [0.717, 1.165) is 18.4 Å². The molecule has 0 unspecified atom stereocenters. The largest absolute Gasteiger partial charge is 0.356 e. The van der Waals surface area contributed by atoms with E-state index in [-0.39, 0.29) is 11.6 Å². The number of nitrogens with zero attached hydrogens (tertiary/aromatic N) is 4. The smallest absolute Gasteiger partial charge is 0.220 e. The average Bonchev–Trinajstić information content (AvgIpc) is 3.10. The van der Waals surface area contributed by atoms with Crippen molar-refractivity contribution in [2.75, 3.05) is 6.54 Å². The second-order valence-electron chi connectivity index (χ2n) is 5.01. The topological polar surface area (TPSA) is 71.6 Å². The van der Waals surface area contributed by atoms with Crippen LogP contribution in [0, 0.1) is 12.3 Å². The van der Waals surface area contributed by atoms with Crippen molar-refractivity contribution in [2.24, 2.45) is 17.3 Å². The lowest BCUT2D eigenvalue weighted by atomic mass is 10.0. The Kier molecular flexibility index (Phi) is 4.51. The fourth-order valence-corrected chi connectivity index (χ4v) is 2.02. The summed E-state index contributed by atoms with van der Waals surface area (Å²) in [7, 11) is 1.88. The predicted octanol–water partition coefficient (Wildman–Crippen LogP) is 1.43. The summed E-state index contributed by atoms with van der Waals surface area (Å²) in [5.41, 5.74) is 0.748. The third-order valence-corrected chi connectivity index (χ3v) is 3.30. The van der Waals surface area contributed by atoms with Crippen LogP contribution >= 0.6 is 0 Å². The number of carbonyl (C=O) groups is 1. The van der Waals surface area contributed by atoms with E-state index in [9.17, 15) is 4.79 Å². The van der Waals surface area contributed by atoms with Gasteiger partial charge in [0.05, 0.1) is 6.20 Å². The minimum Gasteiger partial charge on any atom is -0.356 e. The molecule has 0 radical (unpaired) electrons. The van der Waals surface area contributed by atoms with Gasteiger partial charge in [-0.1, -0.05) is 0 Å². The van der Waals surface area contributed by atoms with E-state index >= 15 is 0 Å². The second-order valence-corrected chi connectivity index (χ2v) is 5.01. The molecule has 1 aliphatic rings. The van der Waals surface area contributed by atoms with Gasteiger partial charge in [0.15, 0.2) is 5.66 Å². The maximum absolute atomic E-state index is 11.7. The molecule has 0 aromatic carbocycles. The summed E-state index contributed by atoms with van der Waals surface area (Å²) in [5.74, 6) is 2.61. The highest BCUT2D eigenvalue weighted by molar-refractivity contribution is 5.76. The molecule has 0 spiro atoms. The van der Waals surface area contributed by atoms with Crippen molar-refractivity contribution < 1.29 is 4.79 Å². The summed E-state index contributed by atoms with van der Waals surface area (Å²) >= 11 is 0. The fourth-order valence-electron chi connectivity index (χ4n) is 2.02. The third kappa shape index (κ3) is 4.19. The van der Waals surface area contributed by atoms with Gasteiger partial charge < -0.3 is 5.32 Å². The van der Waals surface area contributed by atoms with Gasteiger partial charge >= 0.3 is 0 Å². The molecule has 0 bridgehead atoms. The highest BCUT2D eigenvalue weighted by Crippen LogP contribution is 2.37. The number of nitrogens with one attached hydrogen (secondary N) is 1. The van der Waals surface area contributed by atoms with E-state index < -0.39 is 0 Å². The van der Waals surface area contributed by atoms with E-state index in [1.165, 1.54) is 0 Å². The number of aromatic nitrogens is 2. The Bertz CT molecular complexity index is 534. The minimum absolute atomic E-state index is 0.0336. The molecule has 0 saturated carbocycles. The van der Waals surface area contributed by atoms with Gasteiger partial charge in [-0.3, -0.25) is 9.48 Å². The van der Waals surface area contributed by atoms with E-state index in [0.29, 0.717) is 25.8 Å². The summed E-state index contributed by atoms with van der Waals surface area (Å²) in [5, 5.41) is 15.0. The van der Waals surface area contributed by atoms with Crippen LogP contribution < -0.4 is 5.32 Å². The van der Waals surface area contributed by atoms with Gasteiger partial charge in [-0.15, -0.1) is 12.3 Å². The number of hydrogen-bond donors (Lipinski definition) is 1. The van der Waals surface area contributed by atoms with Crippen LogP contribution in [-0.4, -0.2) is 27.9 Å². The first-order valence-corrected chi connectivity index (χ1v) is 6.75. The first-order chi connectivity index (χ1) is 9.63. The molecule has 106 valence electrons. The molecular weight excluding hydrogens is 254 g/mol. The van der Waals surface area contributed by atoms with Crippen LogP contribution in [0.3, 0.4) is 0 Å². The van der Waals surface area contributed by atoms with Gasteiger partial charge in [0.1, 0.15) is 0 Å². The maximum atomic E-state index is 11.7. The van der Waals surface area contributed by atoms with Crippen molar-refractivity contribution in [3.8, 4) is 12.3 Å². The molecule has 0 atom stereocenters. The Morgan fingerprint density at radius 2 is 2.30 bits per heavy atom. The summed E-state index contributed by atoms with van der Waals surface area (Å²) in [4.78, 5) is 11.7. The quantitative estimate of drug-likeness (QED) is 0.728. The molecule has 20 heavy (non-hydrogen) atoms. The molecular formula is C14H19N5O. The zero-order valence-corrected chi connectivity index (χ0v) is 11.7. The number of terminal acetylenes is 1. The van der Waals surface area contributed by atoms with Gasteiger partial charge in [0.25, 0.3) is 0 Å². The number of amides is 1. The van der Waals surface area contributed by atoms with Crippen LogP contribution in [-0.2, 0) is 18.3 Å². The van der Waals surface area contributed by atoms with Crippen LogP contribution in [0.1, 0.15) is 31.2 Å². The molecule has 2 rings (SSSR count). The fraction of sp³-hybridized carbons (Fsp3) is 0.571. The highest BCUT2D eigenvalue weighted by Gasteiger charge is 2.39. The minimum atomic E-state index is -0.368. The first kappa shape index (κ1) is 14.3. The Labute approximate surface area is 118 Å². The summed E-state index contributed by atoms with van der Waals surface area (Å²) < 4.78 is 1.75. The van der Waals surface area contributed by atoms with Gasteiger partial charge in [0, 0.05) is 45.5 Å². The highest BCUT2D eigenvalue weighted by atomic mass is 16.1. The molecule has 1 aromatic heterocycles. The second kappa shape index (κ2) is 6.33. The molecule has 1 aliphatic heterocycles. The normalized spacial score (nSPS) is 14.8. The molecule has 1 N–H and O–H groups in total.